The van der Waals surface area contributed by atoms with Gasteiger partial charge in [0.05, 0.1) is 5.69 Å². The summed E-state index contributed by atoms with van der Waals surface area (Å²) < 4.78 is 2.10. The van der Waals surface area contributed by atoms with Crippen molar-refractivity contribution in [1.82, 2.24) is 14.4 Å². The summed E-state index contributed by atoms with van der Waals surface area (Å²) in [6.45, 7) is 5.90. The van der Waals surface area contributed by atoms with Crippen LogP contribution < -0.4 is 0 Å². The van der Waals surface area contributed by atoms with Crippen molar-refractivity contribution in [3.63, 3.8) is 0 Å². The minimum Gasteiger partial charge on any atom is -0.353 e. The van der Waals surface area contributed by atoms with E-state index in [4.69, 9.17) is 4.98 Å². The second-order valence-electron chi connectivity index (χ2n) is 5.21. The van der Waals surface area contributed by atoms with Crippen LogP contribution in [0.3, 0.4) is 0 Å². The number of nitrogens with zero attached hydrogens (tertiary/aromatic N) is 2. The third-order valence-electron chi connectivity index (χ3n) is 3.91. The van der Waals surface area contributed by atoms with E-state index in [2.05, 4.69) is 41.1 Å². The zero-order chi connectivity index (χ0) is 14.4. The van der Waals surface area contributed by atoms with Crippen LogP contribution in [0.5, 0.6) is 0 Å². The number of nitrogens with one attached hydrogen (secondary N) is 1. The summed E-state index contributed by atoms with van der Waals surface area (Å²) in [4.78, 5) is 8.22. The highest BCUT2D eigenvalue weighted by Crippen LogP contribution is 2.27. The van der Waals surface area contributed by atoms with E-state index in [1.54, 1.807) is 0 Å². The number of aromatic nitrogens is 3. The summed E-state index contributed by atoms with van der Waals surface area (Å²) in [5.74, 6) is 0. The van der Waals surface area contributed by atoms with E-state index in [0.29, 0.717) is 0 Å². The third kappa shape index (κ3) is 1.78. The number of pyridine rings is 1. The number of hydrogen-bond donors (Lipinski definition) is 1. The molecule has 0 spiro atoms. The lowest BCUT2D eigenvalue weighted by Crippen LogP contribution is -1.87. The summed E-state index contributed by atoms with van der Waals surface area (Å²) in [5, 5.41) is 1.20. The van der Waals surface area contributed by atoms with Crippen LogP contribution in [0, 0.1) is 6.92 Å². The lowest BCUT2D eigenvalue weighted by Gasteiger charge is -1.98. The molecule has 0 aliphatic carbocycles. The number of aryl methyl sites for hydroxylation is 1. The number of imidazole rings is 1. The van der Waals surface area contributed by atoms with Gasteiger partial charge in [-0.3, -0.25) is 0 Å². The van der Waals surface area contributed by atoms with Gasteiger partial charge in [0.15, 0.2) is 0 Å². The van der Waals surface area contributed by atoms with Crippen molar-refractivity contribution in [3.05, 3.63) is 66.5 Å². The Balaban J connectivity index is 1.96. The van der Waals surface area contributed by atoms with Crippen LogP contribution in [0.2, 0.25) is 0 Å². The van der Waals surface area contributed by atoms with E-state index in [-0.39, 0.29) is 0 Å². The number of benzene rings is 1. The van der Waals surface area contributed by atoms with Crippen LogP contribution in [0.25, 0.3) is 34.0 Å². The first-order valence-electron chi connectivity index (χ1n) is 6.95. The number of rotatable bonds is 2. The van der Waals surface area contributed by atoms with E-state index in [0.717, 1.165) is 33.8 Å². The van der Waals surface area contributed by atoms with Gasteiger partial charge in [-0.1, -0.05) is 30.9 Å². The van der Waals surface area contributed by atoms with Crippen LogP contribution >= 0.6 is 0 Å². The van der Waals surface area contributed by atoms with Crippen molar-refractivity contribution >= 4 is 22.6 Å². The molecule has 0 aliphatic rings. The van der Waals surface area contributed by atoms with Crippen LogP contribution in [-0.4, -0.2) is 14.4 Å². The smallest absolute Gasteiger partial charge is 0.138 e. The van der Waals surface area contributed by atoms with E-state index in [1.165, 1.54) is 5.39 Å². The third-order valence-corrected chi connectivity index (χ3v) is 3.91. The molecular formula is C18H15N3. The highest BCUT2D eigenvalue weighted by Gasteiger charge is 2.12. The average molecular weight is 273 g/mol. The van der Waals surface area contributed by atoms with Crippen molar-refractivity contribution in [3.8, 4) is 11.4 Å². The molecule has 0 atom stereocenters. The molecule has 0 saturated carbocycles. The number of aromatic amines is 1. The molecule has 4 rings (SSSR count). The fourth-order valence-electron chi connectivity index (χ4n) is 2.77. The maximum atomic E-state index is 4.77. The normalized spacial score (nSPS) is 11.3. The van der Waals surface area contributed by atoms with Gasteiger partial charge >= 0.3 is 0 Å². The Bertz CT molecular complexity index is 940. The van der Waals surface area contributed by atoms with Crippen LogP contribution in [0.15, 0.2) is 55.2 Å². The lowest BCUT2D eigenvalue weighted by molar-refractivity contribution is 1.11. The van der Waals surface area contributed by atoms with E-state index in [9.17, 15) is 0 Å². The Hall–Kier alpha value is -2.81. The second-order valence-corrected chi connectivity index (χ2v) is 5.21. The molecule has 3 heterocycles. The highest BCUT2D eigenvalue weighted by molar-refractivity contribution is 5.85. The maximum Gasteiger partial charge on any atom is 0.138 e. The Morgan fingerprint density at radius 3 is 2.86 bits per heavy atom. The van der Waals surface area contributed by atoms with Gasteiger partial charge in [0.25, 0.3) is 0 Å². The van der Waals surface area contributed by atoms with Gasteiger partial charge in [0, 0.05) is 22.8 Å². The Labute approximate surface area is 122 Å². The van der Waals surface area contributed by atoms with Crippen molar-refractivity contribution in [2.24, 2.45) is 0 Å². The van der Waals surface area contributed by atoms with Crippen molar-refractivity contribution in [2.45, 2.75) is 6.92 Å². The number of para-hydroxylation sites is 1. The zero-order valence-corrected chi connectivity index (χ0v) is 11.8. The molecule has 0 bridgehead atoms. The first kappa shape index (κ1) is 12.0. The number of fused-ring (bicyclic) bond motifs is 2. The summed E-state index contributed by atoms with van der Waals surface area (Å²) in [6.07, 6.45) is 3.88. The molecule has 102 valence electrons. The van der Waals surface area contributed by atoms with Gasteiger partial charge < -0.3 is 9.38 Å². The topological polar surface area (TPSA) is 33.1 Å². The van der Waals surface area contributed by atoms with Crippen molar-refractivity contribution in [1.29, 1.82) is 0 Å². The van der Waals surface area contributed by atoms with Crippen LogP contribution in [0.4, 0.5) is 0 Å². The summed E-state index contributed by atoms with van der Waals surface area (Å²) in [5.41, 5.74) is 6.34. The van der Waals surface area contributed by atoms with E-state index < -0.39 is 0 Å². The Morgan fingerprint density at radius 1 is 1.19 bits per heavy atom. The Morgan fingerprint density at radius 2 is 2.05 bits per heavy atom. The molecule has 3 aromatic heterocycles. The van der Waals surface area contributed by atoms with Crippen LogP contribution in [-0.2, 0) is 0 Å². The molecule has 1 aromatic carbocycles. The molecule has 0 saturated heterocycles. The summed E-state index contributed by atoms with van der Waals surface area (Å²) in [6, 6.07) is 14.5. The first-order chi connectivity index (χ1) is 10.3. The molecule has 0 radical (unpaired) electrons. The van der Waals surface area contributed by atoms with E-state index in [1.807, 2.05) is 36.5 Å². The minimum absolute atomic E-state index is 0.943. The molecule has 0 aliphatic heterocycles. The maximum absolute atomic E-state index is 4.77. The average Bonchev–Trinajstić information content (AvgIpc) is 3.08. The summed E-state index contributed by atoms with van der Waals surface area (Å²) in [7, 11) is 0. The quantitative estimate of drug-likeness (QED) is 0.575. The lowest BCUT2D eigenvalue weighted by atomic mass is 10.2. The molecule has 4 aromatic rings. The SMILES string of the molecule is C=Cc1ccn2c(C)c(-c3cc4ccccc4[nH]3)nc2c1. The van der Waals surface area contributed by atoms with E-state index >= 15 is 0 Å². The summed E-state index contributed by atoms with van der Waals surface area (Å²) >= 11 is 0. The molecule has 0 amide bonds. The predicted octanol–water partition coefficient (Wildman–Crippen LogP) is 4.43. The standard InChI is InChI=1S/C18H15N3/c1-3-13-8-9-21-12(2)18(20-17(21)10-13)16-11-14-6-4-5-7-15(14)19-16/h3-11,19H,1H2,2H3. The molecule has 0 fully saturated rings. The van der Waals surface area contributed by atoms with Gasteiger partial charge in [-0.05, 0) is 36.8 Å². The fourth-order valence-corrected chi connectivity index (χ4v) is 2.77. The minimum atomic E-state index is 0.943. The van der Waals surface area contributed by atoms with Gasteiger partial charge in [-0.2, -0.15) is 0 Å². The number of H-pyrrole nitrogens is 1. The van der Waals surface area contributed by atoms with Gasteiger partial charge in [-0.25, -0.2) is 4.98 Å². The first-order valence-corrected chi connectivity index (χ1v) is 6.95. The zero-order valence-electron chi connectivity index (χ0n) is 11.8. The van der Waals surface area contributed by atoms with Gasteiger partial charge in [-0.15, -0.1) is 0 Å². The van der Waals surface area contributed by atoms with Gasteiger partial charge in [0.1, 0.15) is 11.3 Å². The molecular weight excluding hydrogens is 258 g/mol. The molecule has 3 heteroatoms. The molecule has 0 unspecified atom stereocenters. The highest BCUT2D eigenvalue weighted by atomic mass is 15.0. The molecule has 3 nitrogen and oxygen atoms in total. The second kappa shape index (κ2) is 4.35. The van der Waals surface area contributed by atoms with Crippen LogP contribution in [0.1, 0.15) is 11.3 Å². The van der Waals surface area contributed by atoms with Crippen molar-refractivity contribution in [2.75, 3.05) is 0 Å². The van der Waals surface area contributed by atoms with Gasteiger partial charge in [0.2, 0.25) is 0 Å². The molecule has 1 N–H and O–H groups in total. The fraction of sp³-hybridized carbons (Fsp3) is 0.0556. The van der Waals surface area contributed by atoms with Crippen molar-refractivity contribution < 1.29 is 0 Å². The monoisotopic (exact) mass is 273 g/mol. The molecule has 21 heavy (non-hydrogen) atoms. The number of hydrogen-bond acceptors (Lipinski definition) is 1. The predicted molar refractivity (Wildman–Crippen MR) is 87.3 cm³/mol. The Kier molecular flexibility index (Phi) is 2.48. The largest absolute Gasteiger partial charge is 0.353 e.